The molecule has 0 saturated heterocycles. The summed E-state index contributed by atoms with van der Waals surface area (Å²) in [4.78, 5) is 0. The van der Waals surface area contributed by atoms with Gasteiger partial charge in [-0.25, -0.2) is 0 Å². The number of rotatable bonds is 4. The van der Waals surface area contributed by atoms with Crippen molar-refractivity contribution in [1.29, 1.82) is 0 Å². The van der Waals surface area contributed by atoms with E-state index in [1.807, 2.05) is 31.2 Å². The number of hydrogen-bond acceptors (Lipinski definition) is 3. The van der Waals surface area contributed by atoms with E-state index in [4.69, 9.17) is 9.47 Å². The van der Waals surface area contributed by atoms with Crippen LogP contribution in [0.15, 0.2) is 24.3 Å². The zero-order valence-corrected chi connectivity index (χ0v) is 9.65. The molecule has 1 rings (SSSR count). The van der Waals surface area contributed by atoms with Crippen molar-refractivity contribution in [3.63, 3.8) is 0 Å². The predicted octanol–water partition coefficient (Wildman–Crippen LogP) is 1.94. The highest BCUT2D eigenvalue weighted by Gasteiger charge is 2.33. The molecular weight excluding hydrogens is 192 g/mol. The maximum atomic E-state index is 10.4. The van der Waals surface area contributed by atoms with Crippen molar-refractivity contribution in [1.82, 2.24) is 0 Å². The van der Waals surface area contributed by atoms with Crippen LogP contribution in [0.25, 0.3) is 0 Å². The standard InChI is InChI=1S/C12H18O3/c1-9(14-3)12(2,13)10-7-5-6-8-11(10)15-4/h5-9,13H,1-4H3. The smallest absolute Gasteiger partial charge is 0.125 e. The molecule has 0 aliphatic carbocycles. The average molecular weight is 210 g/mol. The minimum absolute atomic E-state index is 0.297. The van der Waals surface area contributed by atoms with Gasteiger partial charge in [0, 0.05) is 12.7 Å². The molecule has 0 heterocycles. The normalized spacial score (nSPS) is 16.9. The van der Waals surface area contributed by atoms with Gasteiger partial charge in [0.1, 0.15) is 11.4 Å². The summed E-state index contributed by atoms with van der Waals surface area (Å²) in [5.41, 5.74) is -0.316. The molecule has 0 spiro atoms. The van der Waals surface area contributed by atoms with Crippen LogP contribution in [0.2, 0.25) is 0 Å². The second-order valence-electron chi connectivity index (χ2n) is 3.73. The van der Waals surface area contributed by atoms with Crippen LogP contribution in [0.3, 0.4) is 0 Å². The third-order valence-corrected chi connectivity index (χ3v) is 2.80. The maximum absolute atomic E-state index is 10.4. The van der Waals surface area contributed by atoms with Crippen LogP contribution in [0, 0.1) is 0 Å². The summed E-state index contributed by atoms with van der Waals surface area (Å²) in [6.07, 6.45) is -0.297. The second-order valence-corrected chi connectivity index (χ2v) is 3.73. The van der Waals surface area contributed by atoms with E-state index in [0.717, 1.165) is 5.56 Å². The van der Waals surface area contributed by atoms with E-state index in [0.29, 0.717) is 5.75 Å². The minimum Gasteiger partial charge on any atom is -0.496 e. The summed E-state index contributed by atoms with van der Waals surface area (Å²) in [5.74, 6) is 0.673. The minimum atomic E-state index is -1.05. The third-order valence-electron chi connectivity index (χ3n) is 2.80. The summed E-state index contributed by atoms with van der Waals surface area (Å²) in [6, 6.07) is 7.41. The summed E-state index contributed by atoms with van der Waals surface area (Å²) in [5, 5.41) is 10.4. The SMILES string of the molecule is COc1ccccc1C(C)(O)C(C)OC. The fourth-order valence-electron chi connectivity index (χ4n) is 1.51. The maximum Gasteiger partial charge on any atom is 0.125 e. The number of ether oxygens (including phenoxy) is 2. The highest BCUT2D eigenvalue weighted by Crippen LogP contribution is 2.33. The fourth-order valence-corrected chi connectivity index (χ4v) is 1.51. The lowest BCUT2D eigenvalue weighted by Crippen LogP contribution is -2.36. The molecule has 2 unspecified atom stereocenters. The molecule has 0 amide bonds. The Hall–Kier alpha value is -1.06. The molecule has 3 heteroatoms. The van der Waals surface area contributed by atoms with Gasteiger partial charge in [-0.3, -0.25) is 0 Å². The first kappa shape index (κ1) is 12.0. The molecule has 0 fully saturated rings. The van der Waals surface area contributed by atoms with E-state index < -0.39 is 5.60 Å². The second kappa shape index (κ2) is 4.64. The van der Waals surface area contributed by atoms with Crippen molar-refractivity contribution in [2.45, 2.75) is 25.6 Å². The van der Waals surface area contributed by atoms with Gasteiger partial charge in [0.15, 0.2) is 0 Å². The lowest BCUT2D eigenvalue weighted by atomic mass is 9.90. The summed E-state index contributed by atoms with van der Waals surface area (Å²) in [7, 11) is 3.17. The Bertz CT molecular complexity index is 320. The Morgan fingerprint density at radius 1 is 1.27 bits per heavy atom. The van der Waals surface area contributed by atoms with Gasteiger partial charge < -0.3 is 14.6 Å². The van der Waals surface area contributed by atoms with Crippen LogP contribution >= 0.6 is 0 Å². The molecule has 1 aromatic rings. The Labute approximate surface area is 90.6 Å². The van der Waals surface area contributed by atoms with Crippen molar-refractivity contribution in [2.24, 2.45) is 0 Å². The zero-order valence-electron chi connectivity index (χ0n) is 9.65. The van der Waals surface area contributed by atoms with Crippen LogP contribution in [0.4, 0.5) is 0 Å². The monoisotopic (exact) mass is 210 g/mol. The highest BCUT2D eigenvalue weighted by molar-refractivity contribution is 5.38. The Balaban J connectivity index is 3.13. The third kappa shape index (κ3) is 2.30. The van der Waals surface area contributed by atoms with Crippen LogP contribution in [-0.4, -0.2) is 25.4 Å². The van der Waals surface area contributed by atoms with Gasteiger partial charge in [-0.1, -0.05) is 18.2 Å². The van der Waals surface area contributed by atoms with Crippen molar-refractivity contribution < 1.29 is 14.6 Å². The molecule has 0 saturated carbocycles. The topological polar surface area (TPSA) is 38.7 Å². The predicted molar refractivity (Wildman–Crippen MR) is 59.0 cm³/mol. The van der Waals surface area contributed by atoms with E-state index in [1.54, 1.807) is 21.1 Å². The van der Waals surface area contributed by atoms with E-state index >= 15 is 0 Å². The molecular formula is C12H18O3. The molecule has 3 nitrogen and oxygen atoms in total. The Morgan fingerprint density at radius 3 is 2.40 bits per heavy atom. The number of methoxy groups -OCH3 is 2. The van der Waals surface area contributed by atoms with Gasteiger partial charge in [-0.2, -0.15) is 0 Å². The van der Waals surface area contributed by atoms with Crippen molar-refractivity contribution in [3.8, 4) is 5.75 Å². The Morgan fingerprint density at radius 2 is 1.87 bits per heavy atom. The van der Waals surface area contributed by atoms with E-state index in [2.05, 4.69) is 0 Å². The van der Waals surface area contributed by atoms with Gasteiger partial charge >= 0.3 is 0 Å². The van der Waals surface area contributed by atoms with Crippen LogP contribution in [0.1, 0.15) is 19.4 Å². The first-order valence-electron chi connectivity index (χ1n) is 4.92. The first-order valence-corrected chi connectivity index (χ1v) is 4.92. The molecule has 0 aliphatic heterocycles. The molecule has 1 N–H and O–H groups in total. The zero-order chi connectivity index (χ0) is 11.5. The van der Waals surface area contributed by atoms with Gasteiger partial charge in [-0.15, -0.1) is 0 Å². The molecule has 2 atom stereocenters. The number of benzene rings is 1. The van der Waals surface area contributed by atoms with Crippen molar-refractivity contribution in [3.05, 3.63) is 29.8 Å². The van der Waals surface area contributed by atoms with E-state index in [9.17, 15) is 5.11 Å². The van der Waals surface area contributed by atoms with E-state index in [-0.39, 0.29) is 6.10 Å². The molecule has 0 radical (unpaired) electrons. The van der Waals surface area contributed by atoms with Gasteiger partial charge in [0.2, 0.25) is 0 Å². The van der Waals surface area contributed by atoms with Crippen molar-refractivity contribution in [2.75, 3.05) is 14.2 Å². The van der Waals surface area contributed by atoms with Gasteiger partial charge in [0.05, 0.1) is 13.2 Å². The van der Waals surface area contributed by atoms with Gasteiger partial charge in [0.25, 0.3) is 0 Å². The van der Waals surface area contributed by atoms with E-state index in [1.165, 1.54) is 0 Å². The summed E-state index contributed by atoms with van der Waals surface area (Å²) in [6.45, 7) is 3.55. The fraction of sp³-hybridized carbons (Fsp3) is 0.500. The molecule has 15 heavy (non-hydrogen) atoms. The number of para-hydroxylation sites is 1. The molecule has 0 bridgehead atoms. The molecule has 1 aromatic carbocycles. The Kier molecular flexibility index (Phi) is 3.72. The lowest BCUT2D eigenvalue weighted by Gasteiger charge is -2.30. The summed E-state index contributed by atoms with van der Waals surface area (Å²) >= 11 is 0. The first-order chi connectivity index (χ1) is 7.04. The molecule has 0 aliphatic rings. The largest absolute Gasteiger partial charge is 0.496 e. The quantitative estimate of drug-likeness (QED) is 0.825. The van der Waals surface area contributed by atoms with Crippen LogP contribution < -0.4 is 4.74 Å². The highest BCUT2D eigenvalue weighted by atomic mass is 16.5. The average Bonchev–Trinajstić information content (AvgIpc) is 2.27. The lowest BCUT2D eigenvalue weighted by molar-refractivity contribution is -0.0782. The number of aliphatic hydroxyl groups is 1. The molecule has 84 valence electrons. The number of hydrogen-bond donors (Lipinski definition) is 1. The van der Waals surface area contributed by atoms with Crippen LogP contribution in [-0.2, 0) is 10.3 Å². The van der Waals surface area contributed by atoms with Crippen LogP contribution in [0.5, 0.6) is 5.75 Å². The van der Waals surface area contributed by atoms with Gasteiger partial charge in [-0.05, 0) is 19.9 Å². The molecule has 0 aromatic heterocycles. The summed E-state index contributed by atoms with van der Waals surface area (Å²) < 4.78 is 10.4. The van der Waals surface area contributed by atoms with Crippen molar-refractivity contribution >= 4 is 0 Å².